The predicted molar refractivity (Wildman–Crippen MR) is 84.2 cm³/mol. The van der Waals surface area contributed by atoms with Crippen LogP contribution in [0.4, 0.5) is 0 Å². The zero-order valence-corrected chi connectivity index (χ0v) is 13.7. The third-order valence-electron chi connectivity index (χ3n) is 4.02. The molecule has 0 saturated carbocycles. The summed E-state index contributed by atoms with van der Waals surface area (Å²) in [5.41, 5.74) is 0.895. The van der Waals surface area contributed by atoms with Gasteiger partial charge in [0.25, 0.3) is 0 Å². The van der Waals surface area contributed by atoms with Crippen LogP contribution in [0.5, 0.6) is 0 Å². The first-order chi connectivity index (χ1) is 9.99. The molecule has 2 N–H and O–H groups in total. The third kappa shape index (κ3) is 4.20. The summed E-state index contributed by atoms with van der Waals surface area (Å²) in [6.45, 7) is 11.5. The summed E-state index contributed by atoms with van der Waals surface area (Å²) in [5.74, 6) is 2.24. The minimum Gasteiger partial charge on any atom is -0.359 e. The third-order valence-corrected chi connectivity index (χ3v) is 4.02. The van der Waals surface area contributed by atoms with Gasteiger partial charge >= 0.3 is 0 Å². The van der Waals surface area contributed by atoms with E-state index in [-0.39, 0.29) is 0 Å². The lowest BCUT2D eigenvalue weighted by molar-refractivity contribution is 0.265. The highest BCUT2D eigenvalue weighted by atomic mass is 16.5. The number of rotatable bonds is 4. The number of nitrogens with one attached hydrogen (secondary N) is 2. The molecule has 6 heteroatoms. The van der Waals surface area contributed by atoms with Gasteiger partial charge in [-0.15, -0.1) is 0 Å². The summed E-state index contributed by atoms with van der Waals surface area (Å²) in [5, 5.41) is 10.7. The van der Waals surface area contributed by atoms with Gasteiger partial charge in [-0.05, 0) is 26.7 Å². The van der Waals surface area contributed by atoms with Crippen molar-refractivity contribution in [3.63, 3.8) is 0 Å². The van der Waals surface area contributed by atoms with Gasteiger partial charge in [-0.2, -0.15) is 0 Å². The number of aryl methyl sites for hydroxylation is 1. The van der Waals surface area contributed by atoms with E-state index in [1.807, 2.05) is 13.0 Å². The Kier molecular flexibility index (Phi) is 5.22. The van der Waals surface area contributed by atoms with Gasteiger partial charge in [-0.1, -0.05) is 12.1 Å². The molecule has 1 saturated heterocycles. The zero-order chi connectivity index (χ0) is 15.4. The smallest absolute Gasteiger partial charge is 0.191 e. The fraction of sp³-hybridized carbons (Fsp3) is 0.733. The van der Waals surface area contributed by atoms with Crippen LogP contribution >= 0.6 is 0 Å². The van der Waals surface area contributed by atoms with Crippen LogP contribution in [-0.2, 0) is 6.54 Å². The van der Waals surface area contributed by atoms with Gasteiger partial charge in [0.1, 0.15) is 0 Å². The van der Waals surface area contributed by atoms with Crippen molar-refractivity contribution in [3.05, 3.63) is 17.5 Å². The first kappa shape index (κ1) is 15.8. The average Bonchev–Trinajstić information content (AvgIpc) is 3.01. The number of aliphatic imine (C=N–C) groups is 1. The molecule has 0 spiro atoms. The quantitative estimate of drug-likeness (QED) is 0.648. The maximum absolute atomic E-state index is 5.20. The lowest BCUT2D eigenvalue weighted by atomic mass is 10.1. The van der Waals surface area contributed by atoms with Crippen molar-refractivity contribution < 1.29 is 4.52 Å². The second-order valence-corrected chi connectivity index (χ2v) is 6.14. The van der Waals surface area contributed by atoms with Crippen molar-refractivity contribution in [2.24, 2.45) is 10.9 Å². The van der Waals surface area contributed by atoms with E-state index in [9.17, 15) is 0 Å². The Morgan fingerprint density at radius 1 is 1.52 bits per heavy atom. The summed E-state index contributed by atoms with van der Waals surface area (Å²) < 4.78 is 5.20. The summed E-state index contributed by atoms with van der Waals surface area (Å²) in [6, 6.07) is 2.94. The second kappa shape index (κ2) is 6.93. The van der Waals surface area contributed by atoms with Crippen molar-refractivity contribution in [2.45, 2.75) is 46.3 Å². The number of hydrogen-bond acceptors (Lipinski definition) is 4. The Hall–Kier alpha value is -1.56. The largest absolute Gasteiger partial charge is 0.359 e. The van der Waals surface area contributed by atoms with E-state index in [4.69, 9.17) is 4.52 Å². The predicted octanol–water partition coefficient (Wildman–Crippen LogP) is 1.38. The molecule has 2 unspecified atom stereocenters. The minimum atomic E-state index is 0.426. The topological polar surface area (TPSA) is 65.7 Å². The highest BCUT2D eigenvalue weighted by Crippen LogP contribution is 2.18. The van der Waals surface area contributed by atoms with E-state index < -0.39 is 0 Å². The highest BCUT2D eigenvalue weighted by Gasteiger charge is 2.31. The molecule has 6 nitrogen and oxygen atoms in total. The lowest BCUT2D eigenvalue weighted by Gasteiger charge is -2.21. The SMILES string of the molecule is CN=C(NCc1cc(C)no1)NC1CN(C(C)C)CC1C. The molecule has 2 heterocycles. The molecule has 0 bridgehead atoms. The van der Waals surface area contributed by atoms with E-state index in [0.717, 1.165) is 30.5 Å². The second-order valence-electron chi connectivity index (χ2n) is 6.14. The summed E-state index contributed by atoms with van der Waals surface area (Å²) in [4.78, 5) is 6.79. The molecule has 21 heavy (non-hydrogen) atoms. The van der Waals surface area contributed by atoms with E-state index in [0.29, 0.717) is 24.5 Å². The molecule has 1 aromatic heterocycles. The number of aromatic nitrogens is 1. The van der Waals surface area contributed by atoms with E-state index in [1.54, 1.807) is 7.05 Å². The summed E-state index contributed by atoms with van der Waals surface area (Å²) in [7, 11) is 1.79. The van der Waals surface area contributed by atoms with Crippen LogP contribution in [0.3, 0.4) is 0 Å². The van der Waals surface area contributed by atoms with Crippen LogP contribution in [0.25, 0.3) is 0 Å². The molecule has 118 valence electrons. The van der Waals surface area contributed by atoms with Crippen LogP contribution in [0, 0.1) is 12.8 Å². The van der Waals surface area contributed by atoms with E-state index in [2.05, 4.69) is 46.5 Å². The van der Waals surface area contributed by atoms with E-state index in [1.165, 1.54) is 0 Å². The number of likely N-dealkylation sites (tertiary alicyclic amines) is 1. The fourth-order valence-electron chi connectivity index (χ4n) is 2.65. The van der Waals surface area contributed by atoms with Crippen LogP contribution in [0.2, 0.25) is 0 Å². The maximum Gasteiger partial charge on any atom is 0.191 e. The van der Waals surface area contributed by atoms with Crippen molar-refractivity contribution in [3.8, 4) is 0 Å². The van der Waals surface area contributed by atoms with Crippen molar-refractivity contribution in [1.82, 2.24) is 20.7 Å². The van der Waals surface area contributed by atoms with Crippen LogP contribution in [-0.4, -0.2) is 48.2 Å². The molecule has 1 aliphatic rings. The molecule has 0 aromatic carbocycles. The summed E-state index contributed by atoms with van der Waals surface area (Å²) in [6.07, 6.45) is 0. The van der Waals surface area contributed by atoms with Gasteiger partial charge in [-0.25, -0.2) is 0 Å². The van der Waals surface area contributed by atoms with Crippen molar-refractivity contribution in [2.75, 3.05) is 20.1 Å². The maximum atomic E-state index is 5.20. The first-order valence-electron chi connectivity index (χ1n) is 7.63. The van der Waals surface area contributed by atoms with Gasteiger partial charge in [0.2, 0.25) is 0 Å². The Balaban J connectivity index is 1.85. The Bertz CT molecular complexity index is 482. The van der Waals surface area contributed by atoms with Crippen molar-refractivity contribution in [1.29, 1.82) is 0 Å². The van der Waals surface area contributed by atoms with Crippen LogP contribution in [0.15, 0.2) is 15.6 Å². The lowest BCUT2D eigenvalue weighted by Crippen LogP contribution is -2.46. The Morgan fingerprint density at radius 2 is 2.29 bits per heavy atom. The molecule has 0 radical (unpaired) electrons. The normalized spacial score (nSPS) is 23.8. The number of nitrogens with zero attached hydrogens (tertiary/aromatic N) is 3. The standard InChI is InChI=1S/C15H27N5O/c1-10(2)20-8-11(3)14(9-20)18-15(16-5)17-7-13-6-12(4)19-21-13/h6,10-11,14H,7-9H2,1-5H3,(H2,16,17,18). The van der Waals surface area contributed by atoms with Crippen LogP contribution in [0.1, 0.15) is 32.2 Å². The molecule has 1 aromatic rings. The molecule has 2 rings (SSSR count). The fourth-order valence-corrected chi connectivity index (χ4v) is 2.65. The van der Waals surface area contributed by atoms with E-state index >= 15 is 0 Å². The molecule has 1 aliphatic heterocycles. The van der Waals surface area contributed by atoms with Gasteiger partial charge < -0.3 is 15.2 Å². The molecule has 2 atom stereocenters. The minimum absolute atomic E-state index is 0.426. The zero-order valence-electron chi connectivity index (χ0n) is 13.7. The van der Waals surface area contributed by atoms with Crippen molar-refractivity contribution >= 4 is 5.96 Å². The molecule has 1 fully saturated rings. The number of hydrogen-bond donors (Lipinski definition) is 2. The first-order valence-corrected chi connectivity index (χ1v) is 7.63. The molecular weight excluding hydrogens is 266 g/mol. The molecule has 0 aliphatic carbocycles. The average molecular weight is 293 g/mol. The highest BCUT2D eigenvalue weighted by molar-refractivity contribution is 5.80. The summed E-state index contributed by atoms with van der Waals surface area (Å²) >= 11 is 0. The number of guanidine groups is 1. The Labute approximate surface area is 127 Å². The Morgan fingerprint density at radius 3 is 2.81 bits per heavy atom. The molecule has 0 amide bonds. The monoisotopic (exact) mass is 293 g/mol. The van der Waals surface area contributed by atoms with Crippen LogP contribution < -0.4 is 10.6 Å². The van der Waals surface area contributed by atoms with Gasteiger partial charge in [-0.3, -0.25) is 9.89 Å². The van der Waals surface area contributed by atoms with Gasteiger partial charge in [0.05, 0.1) is 12.2 Å². The van der Waals surface area contributed by atoms with Gasteiger partial charge in [0.15, 0.2) is 11.7 Å². The van der Waals surface area contributed by atoms with Gasteiger partial charge in [0, 0.05) is 38.3 Å². The molecular formula is C15H27N5O.